The summed E-state index contributed by atoms with van der Waals surface area (Å²) in [5.41, 5.74) is 1.90. The number of rotatable bonds is 7. The molecule has 1 saturated carbocycles. The predicted octanol–water partition coefficient (Wildman–Crippen LogP) is 3.34. The van der Waals surface area contributed by atoms with Crippen LogP contribution in [-0.2, 0) is 11.3 Å². The number of benzene rings is 1. The van der Waals surface area contributed by atoms with E-state index in [0.29, 0.717) is 19.3 Å². The highest BCUT2D eigenvalue weighted by Crippen LogP contribution is 2.21. The third-order valence-corrected chi connectivity index (χ3v) is 4.11. The van der Waals surface area contributed by atoms with Gasteiger partial charge in [-0.05, 0) is 25.3 Å². The molecule has 0 aromatic heterocycles. The summed E-state index contributed by atoms with van der Waals surface area (Å²) >= 11 is 0. The Labute approximate surface area is 125 Å². The molecule has 0 atom stereocenters. The van der Waals surface area contributed by atoms with Crippen LogP contribution in [-0.4, -0.2) is 24.2 Å². The summed E-state index contributed by atoms with van der Waals surface area (Å²) in [6.07, 6.45) is 6.70. The van der Waals surface area contributed by atoms with E-state index in [0.717, 1.165) is 17.7 Å². The van der Waals surface area contributed by atoms with Crippen molar-refractivity contribution in [1.82, 2.24) is 5.32 Å². The van der Waals surface area contributed by atoms with Crippen LogP contribution in [0.15, 0.2) is 18.2 Å². The lowest BCUT2D eigenvalue weighted by molar-refractivity contribution is -0.385. The molecule has 1 aliphatic rings. The van der Waals surface area contributed by atoms with Crippen molar-refractivity contribution in [3.05, 3.63) is 39.4 Å². The zero-order valence-electron chi connectivity index (χ0n) is 12.6. The summed E-state index contributed by atoms with van der Waals surface area (Å²) in [5.74, 6) is 0. The highest BCUT2D eigenvalue weighted by molar-refractivity contribution is 5.44. The number of ether oxygens (including phenoxy) is 1. The Bertz CT molecular complexity index is 471. The van der Waals surface area contributed by atoms with Crippen LogP contribution in [0.1, 0.15) is 43.2 Å². The molecule has 0 bridgehead atoms. The molecule has 116 valence electrons. The van der Waals surface area contributed by atoms with Gasteiger partial charge in [-0.25, -0.2) is 0 Å². The molecule has 5 heteroatoms. The minimum Gasteiger partial charge on any atom is -0.377 e. The molecule has 1 aliphatic carbocycles. The van der Waals surface area contributed by atoms with Crippen molar-refractivity contribution in [3.8, 4) is 0 Å². The van der Waals surface area contributed by atoms with Gasteiger partial charge < -0.3 is 10.1 Å². The van der Waals surface area contributed by atoms with Gasteiger partial charge in [-0.3, -0.25) is 10.1 Å². The largest absolute Gasteiger partial charge is 0.377 e. The highest BCUT2D eigenvalue weighted by Gasteiger charge is 2.14. The summed E-state index contributed by atoms with van der Waals surface area (Å²) in [6.45, 7) is 3.92. The fourth-order valence-electron chi connectivity index (χ4n) is 2.81. The van der Waals surface area contributed by atoms with E-state index in [-0.39, 0.29) is 10.6 Å². The fourth-order valence-corrected chi connectivity index (χ4v) is 2.81. The molecule has 0 unspecified atom stereocenters. The Balaban J connectivity index is 1.71. The third kappa shape index (κ3) is 4.79. The molecule has 5 nitrogen and oxygen atoms in total. The summed E-state index contributed by atoms with van der Waals surface area (Å²) in [5, 5.41) is 14.2. The van der Waals surface area contributed by atoms with Crippen molar-refractivity contribution in [1.29, 1.82) is 0 Å². The number of nitrogens with zero attached hydrogens (tertiary/aromatic N) is 1. The molecule has 0 amide bonds. The Hall–Kier alpha value is -1.46. The zero-order valence-corrected chi connectivity index (χ0v) is 12.6. The first-order chi connectivity index (χ1) is 10.2. The van der Waals surface area contributed by atoms with Crippen molar-refractivity contribution in [3.63, 3.8) is 0 Å². The maximum atomic E-state index is 10.9. The molecular formula is C16H24N2O3. The first kappa shape index (κ1) is 15.9. The second-order valence-corrected chi connectivity index (χ2v) is 5.63. The van der Waals surface area contributed by atoms with E-state index in [1.165, 1.54) is 32.1 Å². The average Bonchev–Trinajstić information content (AvgIpc) is 2.49. The first-order valence-electron chi connectivity index (χ1n) is 7.73. The summed E-state index contributed by atoms with van der Waals surface area (Å²) < 4.78 is 5.84. The van der Waals surface area contributed by atoms with Gasteiger partial charge >= 0.3 is 0 Å². The minimum atomic E-state index is -0.328. The number of nitro groups is 1. The molecule has 0 spiro atoms. The van der Waals surface area contributed by atoms with Gasteiger partial charge in [0.05, 0.1) is 17.6 Å². The van der Waals surface area contributed by atoms with Crippen LogP contribution in [0.3, 0.4) is 0 Å². The Morgan fingerprint density at radius 2 is 2.10 bits per heavy atom. The normalized spacial score (nSPS) is 16.0. The SMILES string of the molecule is Cc1c(CNCCOC2CCCCC2)cccc1[N+](=O)[O-]. The zero-order chi connectivity index (χ0) is 15.1. The van der Waals surface area contributed by atoms with Gasteiger partial charge in [-0.1, -0.05) is 31.4 Å². The van der Waals surface area contributed by atoms with Crippen LogP contribution in [0.2, 0.25) is 0 Å². The van der Waals surface area contributed by atoms with Crippen molar-refractivity contribution in [2.45, 2.75) is 51.7 Å². The lowest BCUT2D eigenvalue weighted by atomic mass is 9.98. The van der Waals surface area contributed by atoms with Gasteiger partial charge in [0.1, 0.15) is 0 Å². The molecule has 1 N–H and O–H groups in total. The summed E-state index contributed by atoms with van der Waals surface area (Å²) in [4.78, 5) is 10.6. The van der Waals surface area contributed by atoms with E-state index in [2.05, 4.69) is 5.32 Å². The van der Waals surface area contributed by atoms with Gasteiger partial charge in [0.25, 0.3) is 5.69 Å². The van der Waals surface area contributed by atoms with Crippen LogP contribution in [0.4, 0.5) is 5.69 Å². The lowest BCUT2D eigenvalue weighted by Gasteiger charge is -2.22. The molecule has 1 fully saturated rings. The van der Waals surface area contributed by atoms with E-state index in [9.17, 15) is 10.1 Å². The average molecular weight is 292 g/mol. The fraction of sp³-hybridized carbons (Fsp3) is 0.625. The second kappa shape index (κ2) is 8.10. The summed E-state index contributed by atoms with van der Waals surface area (Å²) in [6, 6.07) is 5.21. The maximum Gasteiger partial charge on any atom is 0.272 e. The Kier molecular flexibility index (Phi) is 6.14. The Morgan fingerprint density at radius 1 is 1.33 bits per heavy atom. The third-order valence-electron chi connectivity index (χ3n) is 4.11. The number of hydrogen-bond donors (Lipinski definition) is 1. The van der Waals surface area contributed by atoms with Gasteiger partial charge in [-0.15, -0.1) is 0 Å². The smallest absolute Gasteiger partial charge is 0.272 e. The van der Waals surface area contributed by atoms with Crippen molar-refractivity contribution >= 4 is 5.69 Å². The maximum absolute atomic E-state index is 10.9. The van der Waals surface area contributed by atoms with Crippen LogP contribution >= 0.6 is 0 Å². The van der Waals surface area contributed by atoms with E-state index < -0.39 is 0 Å². The lowest BCUT2D eigenvalue weighted by Crippen LogP contribution is -2.24. The topological polar surface area (TPSA) is 64.4 Å². The number of hydrogen-bond acceptors (Lipinski definition) is 4. The standard InChI is InChI=1S/C16H24N2O3/c1-13-14(6-5-9-16(13)18(19)20)12-17-10-11-21-15-7-3-2-4-8-15/h5-6,9,15,17H,2-4,7-8,10-12H2,1H3. The van der Waals surface area contributed by atoms with Crippen molar-refractivity contribution < 1.29 is 9.66 Å². The van der Waals surface area contributed by atoms with Crippen LogP contribution < -0.4 is 5.32 Å². The van der Waals surface area contributed by atoms with E-state index in [1.54, 1.807) is 19.1 Å². The quantitative estimate of drug-likeness (QED) is 0.475. The van der Waals surface area contributed by atoms with Gasteiger partial charge in [0.15, 0.2) is 0 Å². The van der Waals surface area contributed by atoms with Gasteiger partial charge in [0, 0.05) is 24.7 Å². The monoisotopic (exact) mass is 292 g/mol. The van der Waals surface area contributed by atoms with Crippen molar-refractivity contribution in [2.24, 2.45) is 0 Å². The highest BCUT2D eigenvalue weighted by atomic mass is 16.6. The summed E-state index contributed by atoms with van der Waals surface area (Å²) in [7, 11) is 0. The van der Waals surface area contributed by atoms with Gasteiger partial charge in [0.2, 0.25) is 0 Å². The second-order valence-electron chi connectivity index (χ2n) is 5.63. The Morgan fingerprint density at radius 3 is 2.81 bits per heavy atom. The molecule has 1 aromatic rings. The molecule has 0 radical (unpaired) electrons. The molecule has 1 aromatic carbocycles. The molecule has 0 heterocycles. The van der Waals surface area contributed by atoms with Gasteiger partial charge in [-0.2, -0.15) is 0 Å². The molecular weight excluding hydrogens is 268 g/mol. The van der Waals surface area contributed by atoms with Crippen LogP contribution in [0, 0.1) is 17.0 Å². The number of nitrogens with one attached hydrogen (secondary N) is 1. The van der Waals surface area contributed by atoms with Crippen LogP contribution in [0.25, 0.3) is 0 Å². The van der Waals surface area contributed by atoms with Crippen LogP contribution in [0.5, 0.6) is 0 Å². The molecule has 21 heavy (non-hydrogen) atoms. The minimum absolute atomic E-state index is 0.188. The first-order valence-corrected chi connectivity index (χ1v) is 7.73. The van der Waals surface area contributed by atoms with E-state index >= 15 is 0 Å². The molecule has 0 saturated heterocycles. The van der Waals surface area contributed by atoms with Crippen molar-refractivity contribution in [2.75, 3.05) is 13.2 Å². The molecule has 2 rings (SSSR count). The number of nitro benzene ring substituents is 1. The molecule has 0 aliphatic heterocycles. The van der Waals surface area contributed by atoms with E-state index in [4.69, 9.17) is 4.74 Å². The van der Waals surface area contributed by atoms with E-state index in [1.807, 2.05) is 6.07 Å². The predicted molar refractivity (Wildman–Crippen MR) is 82.4 cm³/mol.